The lowest BCUT2D eigenvalue weighted by Crippen LogP contribution is -2.02. The highest BCUT2D eigenvalue weighted by atomic mass is 15.0. The molecule has 0 radical (unpaired) electrons. The Morgan fingerprint density at radius 3 is 2.67 bits per heavy atom. The van der Waals surface area contributed by atoms with E-state index >= 15 is 0 Å². The maximum Gasteiger partial charge on any atom is 0.0482 e. The largest absolute Gasteiger partial charge is 0.345 e. The van der Waals surface area contributed by atoms with Crippen molar-refractivity contribution < 1.29 is 0 Å². The molecule has 1 heteroatoms. The van der Waals surface area contributed by atoms with Gasteiger partial charge in [0.1, 0.15) is 0 Å². The van der Waals surface area contributed by atoms with Crippen molar-refractivity contribution in [1.29, 1.82) is 0 Å². The van der Waals surface area contributed by atoms with Crippen LogP contribution in [0.4, 0.5) is 0 Å². The van der Waals surface area contributed by atoms with Gasteiger partial charge < -0.3 is 4.57 Å². The number of hydrogen-bond donors (Lipinski definition) is 0. The van der Waals surface area contributed by atoms with Crippen molar-refractivity contribution >= 4 is 10.9 Å². The van der Waals surface area contributed by atoms with Crippen molar-refractivity contribution in [2.75, 3.05) is 0 Å². The van der Waals surface area contributed by atoms with Gasteiger partial charge in [0, 0.05) is 17.8 Å². The predicted octanol–water partition coefficient (Wildman–Crippen LogP) is 4.00. The number of fused-ring (bicyclic) bond motifs is 1. The number of aryl methyl sites for hydroxylation is 2. The summed E-state index contributed by atoms with van der Waals surface area (Å²) in [5.74, 6) is 0.769. The molecule has 1 nitrogen and oxygen atoms in total. The van der Waals surface area contributed by atoms with Gasteiger partial charge in [-0.05, 0) is 36.8 Å². The zero-order valence-electron chi connectivity index (χ0n) is 9.83. The van der Waals surface area contributed by atoms with Gasteiger partial charge in [0.15, 0.2) is 0 Å². The van der Waals surface area contributed by atoms with E-state index in [0.29, 0.717) is 0 Å². The van der Waals surface area contributed by atoms with Crippen LogP contribution >= 0.6 is 0 Å². The van der Waals surface area contributed by atoms with Gasteiger partial charge in [-0.3, -0.25) is 0 Å². The van der Waals surface area contributed by atoms with Crippen LogP contribution in [0.1, 0.15) is 26.0 Å². The minimum Gasteiger partial charge on any atom is -0.345 e. The lowest BCUT2D eigenvalue weighted by molar-refractivity contribution is 0.519. The molecule has 0 saturated carbocycles. The van der Waals surface area contributed by atoms with Crippen LogP contribution in [0.5, 0.6) is 0 Å². The Balaban J connectivity index is 2.36. The minimum absolute atomic E-state index is 0.769. The van der Waals surface area contributed by atoms with Crippen LogP contribution in [-0.4, -0.2) is 4.57 Å². The summed E-state index contributed by atoms with van der Waals surface area (Å²) >= 11 is 0. The number of rotatable bonds is 3. The normalized spacial score (nSPS) is 11.5. The van der Waals surface area contributed by atoms with Gasteiger partial charge in [0.2, 0.25) is 0 Å². The van der Waals surface area contributed by atoms with Crippen LogP contribution < -0.4 is 0 Å². The lowest BCUT2D eigenvalue weighted by Gasteiger charge is -2.09. The molecule has 0 spiro atoms. The third-order valence-corrected chi connectivity index (χ3v) is 2.95. The van der Waals surface area contributed by atoms with Crippen LogP contribution in [0.15, 0.2) is 30.3 Å². The average molecular weight is 201 g/mol. The first-order valence-electron chi connectivity index (χ1n) is 5.73. The Kier molecular flexibility index (Phi) is 2.81. The number of aromatic nitrogens is 1. The highest BCUT2D eigenvalue weighted by Gasteiger charge is 2.04. The summed E-state index contributed by atoms with van der Waals surface area (Å²) in [5.41, 5.74) is 2.74. The van der Waals surface area contributed by atoms with E-state index in [2.05, 4.69) is 55.7 Å². The monoisotopic (exact) mass is 201 g/mol. The molecule has 0 aliphatic heterocycles. The lowest BCUT2D eigenvalue weighted by atomic mass is 10.1. The van der Waals surface area contributed by atoms with Crippen LogP contribution in [-0.2, 0) is 6.54 Å². The molecule has 0 unspecified atom stereocenters. The highest BCUT2D eigenvalue weighted by molar-refractivity contribution is 5.81. The van der Waals surface area contributed by atoms with E-state index in [1.54, 1.807) is 0 Å². The SMILES string of the molecule is Cc1cc2ccccc2n1CCC(C)C. The van der Waals surface area contributed by atoms with Gasteiger partial charge in [-0.1, -0.05) is 32.0 Å². The molecule has 2 aromatic rings. The second-order valence-electron chi connectivity index (χ2n) is 4.68. The third kappa shape index (κ3) is 2.06. The van der Waals surface area contributed by atoms with E-state index in [-0.39, 0.29) is 0 Å². The predicted molar refractivity (Wildman–Crippen MR) is 66.1 cm³/mol. The summed E-state index contributed by atoms with van der Waals surface area (Å²) in [7, 11) is 0. The highest BCUT2D eigenvalue weighted by Crippen LogP contribution is 2.20. The fraction of sp³-hybridized carbons (Fsp3) is 0.429. The maximum atomic E-state index is 2.43. The fourth-order valence-corrected chi connectivity index (χ4v) is 2.03. The summed E-state index contributed by atoms with van der Waals surface area (Å²) in [4.78, 5) is 0. The van der Waals surface area contributed by atoms with Crippen molar-refractivity contribution in [2.45, 2.75) is 33.7 Å². The smallest absolute Gasteiger partial charge is 0.0482 e. The topological polar surface area (TPSA) is 4.93 Å². The molecule has 0 bridgehead atoms. The molecule has 1 aromatic carbocycles. The molecular formula is C14H19N. The van der Waals surface area contributed by atoms with Crippen molar-refractivity contribution in [3.05, 3.63) is 36.0 Å². The van der Waals surface area contributed by atoms with E-state index in [4.69, 9.17) is 0 Å². The van der Waals surface area contributed by atoms with Crippen molar-refractivity contribution in [1.82, 2.24) is 4.57 Å². The standard InChI is InChI=1S/C14H19N/c1-11(2)8-9-15-12(3)10-13-6-4-5-7-14(13)15/h4-7,10-11H,8-9H2,1-3H3. The summed E-state index contributed by atoms with van der Waals surface area (Å²) < 4.78 is 2.43. The molecule has 0 N–H and O–H groups in total. The fourth-order valence-electron chi connectivity index (χ4n) is 2.03. The molecule has 0 fully saturated rings. The van der Waals surface area contributed by atoms with E-state index in [0.717, 1.165) is 12.5 Å². The van der Waals surface area contributed by atoms with Crippen LogP contribution in [0.2, 0.25) is 0 Å². The molecule has 1 aromatic heterocycles. The van der Waals surface area contributed by atoms with Gasteiger partial charge in [0.25, 0.3) is 0 Å². The first kappa shape index (κ1) is 10.3. The molecule has 80 valence electrons. The van der Waals surface area contributed by atoms with Gasteiger partial charge >= 0.3 is 0 Å². The Labute approximate surface area is 91.7 Å². The number of hydrogen-bond acceptors (Lipinski definition) is 0. The third-order valence-electron chi connectivity index (χ3n) is 2.95. The molecule has 1 heterocycles. The van der Waals surface area contributed by atoms with Crippen LogP contribution in [0.3, 0.4) is 0 Å². The second kappa shape index (κ2) is 4.09. The van der Waals surface area contributed by atoms with Crippen molar-refractivity contribution in [3.63, 3.8) is 0 Å². The Bertz CT molecular complexity index is 451. The summed E-state index contributed by atoms with van der Waals surface area (Å²) in [6, 6.07) is 10.9. The van der Waals surface area contributed by atoms with E-state index < -0.39 is 0 Å². The van der Waals surface area contributed by atoms with Gasteiger partial charge in [-0.15, -0.1) is 0 Å². The van der Waals surface area contributed by atoms with Gasteiger partial charge in [0.05, 0.1) is 0 Å². The van der Waals surface area contributed by atoms with Crippen LogP contribution in [0, 0.1) is 12.8 Å². The molecule has 0 aliphatic rings. The molecule has 0 aliphatic carbocycles. The minimum atomic E-state index is 0.769. The Hall–Kier alpha value is -1.24. The molecule has 0 amide bonds. The first-order chi connectivity index (χ1) is 7.18. The molecule has 2 rings (SSSR count). The second-order valence-corrected chi connectivity index (χ2v) is 4.68. The van der Waals surface area contributed by atoms with Crippen molar-refractivity contribution in [2.24, 2.45) is 5.92 Å². The molecule has 15 heavy (non-hydrogen) atoms. The zero-order chi connectivity index (χ0) is 10.8. The zero-order valence-corrected chi connectivity index (χ0v) is 9.83. The maximum absolute atomic E-state index is 2.43. The van der Waals surface area contributed by atoms with Crippen LogP contribution in [0.25, 0.3) is 10.9 Å². The van der Waals surface area contributed by atoms with E-state index in [9.17, 15) is 0 Å². The van der Waals surface area contributed by atoms with E-state index in [1.807, 2.05) is 0 Å². The number of benzene rings is 1. The first-order valence-corrected chi connectivity index (χ1v) is 5.73. The Morgan fingerprint density at radius 2 is 1.93 bits per heavy atom. The number of para-hydroxylation sites is 1. The number of nitrogens with zero attached hydrogens (tertiary/aromatic N) is 1. The summed E-state index contributed by atoms with van der Waals surface area (Å²) in [6.07, 6.45) is 1.25. The molecule has 0 atom stereocenters. The van der Waals surface area contributed by atoms with Gasteiger partial charge in [-0.25, -0.2) is 0 Å². The van der Waals surface area contributed by atoms with Gasteiger partial charge in [-0.2, -0.15) is 0 Å². The van der Waals surface area contributed by atoms with Crippen molar-refractivity contribution in [3.8, 4) is 0 Å². The molecular weight excluding hydrogens is 182 g/mol. The molecule has 0 saturated heterocycles. The summed E-state index contributed by atoms with van der Waals surface area (Å²) in [6.45, 7) is 7.89. The average Bonchev–Trinajstić information content (AvgIpc) is 2.50. The Morgan fingerprint density at radius 1 is 1.20 bits per heavy atom. The summed E-state index contributed by atoms with van der Waals surface area (Å²) in [5, 5.41) is 1.36. The quantitative estimate of drug-likeness (QED) is 0.707. The van der Waals surface area contributed by atoms with E-state index in [1.165, 1.54) is 23.0 Å².